The van der Waals surface area contributed by atoms with Crippen molar-refractivity contribution < 1.29 is 13.2 Å². The topological polar surface area (TPSA) is 118 Å². The molecule has 0 aliphatic heterocycles. The minimum atomic E-state index is -3.10. The molecular weight excluding hydrogens is 232 g/mol. The summed E-state index contributed by atoms with van der Waals surface area (Å²) in [5, 5.41) is 8.77. The predicted molar refractivity (Wildman–Crippen MR) is 59.2 cm³/mol. The fourth-order valence-electron chi connectivity index (χ4n) is 1.02. The van der Waals surface area contributed by atoms with E-state index >= 15 is 0 Å². The molecule has 16 heavy (non-hydrogen) atoms. The number of H-pyrrole nitrogens is 1. The van der Waals surface area contributed by atoms with Gasteiger partial charge in [0.2, 0.25) is 5.91 Å². The van der Waals surface area contributed by atoms with Crippen molar-refractivity contribution in [1.29, 1.82) is 0 Å². The van der Waals surface area contributed by atoms with E-state index in [0.717, 1.165) is 6.26 Å². The van der Waals surface area contributed by atoms with Crippen LogP contribution in [0.5, 0.6) is 0 Å². The van der Waals surface area contributed by atoms with Crippen LogP contribution in [0.3, 0.4) is 0 Å². The maximum atomic E-state index is 11.2. The second kappa shape index (κ2) is 4.97. The van der Waals surface area contributed by atoms with Crippen LogP contribution >= 0.6 is 0 Å². The SMILES string of the molecule is CS(=O)(=O)CCC(=O)NCc1cn[nH]c1N. The summed E-state index contributed by atoms with van der Waals surface area (Å²) in [5.41, 5.74) is 6.18. The highest BCUT2D eigenvalue weighted by Crippen LogP contribution is 2.04. The summed E-state index contributed by atoms with van der Waals surface area (Å²) in [4.78, 5) is 11.2. The molecule has 0 saturated carbocycles. The Bertz CT molecular complexity index is 465. The van der Waals surface area contributed by atoms with Crippen LogP contribution in [0.25, 0.3) is 0 Å². The number of carbonyl (C=O) groups excluding carboxylic acids is 1. The Hall–Kier alpha value is -1.57. The molecule has 8 heteroatoms. The number of nitrogens with zero attached hydrogens (tertiary/aromatic N) is 1. The molecule has 0 bridgehead atoms. The molecule has 0 aliphatic rings. The molecule has 1 aromatic heterocycles. The molecule has 4 N–H and O–H groups in total. The summed E-state index contributed by atoms with van der Waals surface area (Å²) in [5.74, 6) is -0.0888. The lowest BCUT2D eigenvalue weighted by Gasteiger charge is -2.03. The summed E-state index contributed by atoms with van der Waals surface area (Å²) < 4.78 is 21.6. The quantitative estimate of drug-likeness (QED) is 0.618. The van der Waals surface area contributed by atoms with E-state index in [1.54, 1.807) is 0 Å². The maximum absolute atomic E-state index is 11.2. The Morgan fingerprint density at radius 3 is 2.81 bits per heavy atom. The van der Waals surface area contributed by atoms with E-state index in [1.165, 1.54) is 6.20 Å². The van der Waals surface area contributed by atoms with Gasteiger partial charge in [0.05, 0.1) is 11.9 Å². The maximum Gasteiger partial charge on any atom is 0.221 e. The van der Waals surface area contributed by atoms with Gasteiger partial charge in [-0.15, -0.1) is 0 Å². The number of nitrogen functional groups attached to an aromatic ring is 1. The molecule has 0 fully saturated rings. The van der Waals surface area contributed by atoms with Gasteiger partial charge in [-0.2, -0.15) is 5.10 Å². The lowest BCUT2D eigenvalue weighted by Crippen LogP contribution is -2.25. The molecule has 0 spiro atoms. The molecule has 0 aromatic carbocycles. The molecule has 1 aromatic rings. The monoisotopic (exact) mass is 246 g/mol. The Balaban J connectivity index is 2.34. The summed E-state index contributed by atoms with van der Waals surface area (Å²) in [6, 6.07) is 0. The minimum absolute atomic E-state index is 0.0451. The summed E-state index contributed by atoms with van der Waals surface area (Å²) in [6.07, 6.45) is 2.55. The molecule has 1 amide bonds. The highest BCUT2D eigenvalue weighted by atomic mass is 32.2. The van der Waals surface area contributed by atoms with Gasteiger partial charge in [-0.1, -0.05) is 0 Å². The minimum Gasteiger partial charge on any atom is -0.384 e. The summed E-state index contributed by atoms with van der Waals surface area (Å²) in [6.45, 7) is 0.241. The zero-order valence-corrected chi connectivity index (χ0v) is 9.67. The van der Waals surface area contributed by atoms with E-state index < -0.39 is 9.84 Å². The third-order valence-electron chi connectivity index (χ3n) is 1.93. The number of sulfone groups is 1. The zero-order valence-electron chi connectivity index (χ0n) is 8.86. The number of nitrogens with one attached hydrogen (secondary N) is 2. The average Bonchev–Trinajstić information content (AvgIpc) is 2.57. The van der Waals surface area contributed by atoms with E-state index in [2.05, 4.69) is 15.5 Å². The molecule has 0 unspecified atom stereocenters. The Morgan fingerprint density at radius 1 is 1.62 bits per heavy atom. The first kappa shape index (κ1) is 12.5. The number of aromatic amines is 1. The van der Waals surface area contributed by atoms with Gasteiger partial charge >= 0.3 is 0 Å². The van der Waals surface area contributed by atoms with Crippen molar-refractivity contribution in [1.82, 2.24) is 15.5 Å². The molecule has 0 atom stereocenters. The van der Waals surface area contributed by atoms with Gasteiger partial charge in [0, 0.05) is 24.8 Å². The van der Waals surface area contributed by atoms with E-state index in [0.29, 0.717) is 11.4 Å². The summed E-state index contributed by atoms with van der Waals surface area (Å²) >= 11 is 0. The molecule has 0 aliphatic carbocycles. The number of hydrogen-bond acceptors (Lipinski definition) is 5. The van der Waals surface area contributed by atoms with Crippen molar-refractivity contribution in [2.75, 3.05) is 17.7 Å². The van der Waals surface area contributed by atoms with E-state index in [1.807, 2.05) is 0 Å². The van der Waals surface area contributed by atoms with Crippen LogP contribution in [0.4, 0.5) is 5.82 Å². The first-order valence-corrected chi connectivity index (χ1v) is 6.66. The van der Waals surface area contributed by atoms with Crippen LogP contribution in [-0.4, -0.2) is 36.5 Å². The van der Waals surface area contributed by atoms with Crippen LogP contribution in [0.15, 0.2) is 6.20 Å². The van der Waals surface area contributed by atoms with E-state index in [4.69, 9.17) is 5.73 Å². The van der Waals surface area contributed by atoms with Gasteiger partial charge in [-0.25, -0.2) is 8.42 Å². The zero-order chi connectivity index (χ0) is 12.2. The molecule has 1 rings (SSSR count). The van der Waals surface area contributed by atoms with Gasteiger partial charge in [0.25, 0.3) is 0 Å². The Kier molecular flexibility index (Phi) is 3.88. The highest BCUT2D eigenvalue weighted by Gasteiger charge is 2.08. The third-order valence-corrected chi connectivity index (χ3v) is 2.87. The van der Waals surface area contributed by atoms with Gasteiger partial charge in [0.15, 0.2) is 0 Å². The van der Waals surface area contributed by atoms with Crippen LogP contribution in [0.1, 0.15) is 12.0 Å². The Labute approximate surface area is 93.3 Å². The Morgan fingerprint density at radius 2 is 2.31 bits per heavy atom. The molecule has 1 heterocycles. The number of rotatable bonds is 5. The van der Waals surface area contributed by atoms with Gasteiger partial charge in [0.1, 0.15) is 15.7 Å². The normalized spacial score (nSPS) is 11.3. The molecule has 0 radical (unpaired) electrons. The van der Waals surface area contributed by atoms with Gasteiger partial charge in [-0.3, -0.25) is 9.89 Å². The van der Waals surface area contributed by atoms with Crippen molar-refractivity contribution in [3.05, 3.63) is 11.8 Å². The first-order chi connectivity index (χ1) is 7.38. The second-order valence-corrected chi connectivity index (χ2v) is 5.73. The first-order valence-electron chi connectivity index (χ1n) is 4.60. The lowest BCUT2D eigenvalue weighted by molar-refractivity contribution is -0.120. The van der Waals surface area contributed by atoms with Crippen LogP contribution in [0.2, 0.25) is 0 Å². The third kappa shape index (κ3) is 4.30. The average molecular weight is 246 g/mol. The summed E-state index contributed by atoms with van der Waals surface area (Å²) in [7, 11) is -3.10. The van der Waals surface area contributed by atoms with Crippen LogP contribution in [-0.2, 0) is 21.2 Å². The standard InChI is InChI=1S/C8H14N4O3S/c1-16(14,15)3-2-7(13)10-4-6-5-11-12-8(6)9/h5H,2-4H2,1H3,(H,10,13)(H3,9,11,12). The number of nitrogens with two attached hydrogens (primary N) is 1. The smallest absolute Gasteiger partial charge is 0.221 e. The van der Waals surface area contributed by atoms with Crippen LogP contribution in [0, 0.1) is 0 Å². The largest absolute Gasteiger partial charge is 0.384 e. The van der Waals surface area contributed by atoms with Gasteiger partial charge < -0.3 is 11.1 Å². The number of carbonyl (C=O) groups is 1. The number of anilines is 1. The molecule has 90 valence electrons. The van der Waals surface area contributed by atoms with Crippen molar-refractivity contribution >= 4 is 21.6 Å². The van der Waals surface area contributed by atoms with Crippen molar-refractivity contribution in [2.45, 2.75) is 13.0 Å². The van der Waals surface area contributed by atoms with Crippen molar-refractivity contribution in [2.24, 2.45) is 0 Å². The van der Waals surface area contributed by atoms with E-state index in [9.17, 15) is 13.2 Å². The van der Waals surface area contributed by atoms with E-state index in [-0.39, 0.29) is 24.6 Å². The molecule has 7 nitrogen and oxygen atoms in total. The highest BCUT2D eigenvalue weighted by molar-refractivity contribution is 7.90. The van der Waals surface area contributed by atoms with Gasteiger partial charge in [-0.05, 0) is 0 Å². The fraction of sp³-hybridized carbons (Fsp3) is 0.500. The molecule has 0 saturated heterocycles. The predicted octanol–water partition coefficient (Wildman–Crippen LogP) is -0.957. The number of hydrogen-bond donors (Lipinski definition) is 3. The number of amides is 1. The van der Waals surface area contributed by atoms with Crippen molar-refractivity contribution in [3.8, 4) is 0 Å². The van der Waals surface area contributed by atoms with Crippen molar-refractivity contribution in [3.63, 3.8) is 0 Å². The molecular formula is C8H14N4O3S. The lowest BCUT2D eigenvalue weighted by atomic mass is 10.3. The van der Waals surface area contributed by atoms with Crippen LogP contribution < -0.4 is 11.1 Å². The number of aromatic nitrogens is 2. The fourth-order valence-corrected chi connectivity index (χ4v) is 1.58. The second-order valence-electron chi connectivity index (χ2n) is 3.47.